The van der Waals surface area contributed by atoms with Crippen molar-refractivity contribution in [3.63, 3.8) is 0 Å². The first-order valence-corrected chi connectivity index (χ1v) is 10.1. The molecule has 2 N–H and O–H groups in total. The van der Waals surface area contributed by atoms with Gasteiger partial charge in [-0.15, -0.1) is 0 Å². The number of aryl methyl sites for hydroxylation is 1. The zero-order chi connectivity index (χ0) is 22.2. The van der Waals surface area contributed by atoms with Gasteiger partial charge in [-0.05, 0) is 37.1 Å². The third-order valence-electron chi connectivity index (χ3n) is 5.06. The van der Waals surface area contributed by atoms with Crippen molar-refractivity contribution in [3.05, 3.63) is 52.9 Å². The Morgan fingerprint density at radius 2 is 2.10 bits per heavy atom. The van der Waals surface area contributed by atoms with Gasteiger partial charge in [0.1, 0.15) is 5.69 Å². The number of fused-ring (bicyclic) bond motifs is 1. The minimum absolute atomic E-state index is 0.160. The molecule has 1 atom stereocenters. The van der Waals surface area contributed by atoms with E-state index < -0.39 is 11.9 Å². The first-order chi connectivity index (χ1) is 14.7. The minimum Gasteiger partial charge on any atom is -0.348 e. The highest BCUT2D eigenvalue weighted by Crippen LogP contribution is 2.34. The first-order valence-electron chi connectivity index (χ1n) is 9.67. The maximum absolute atomic E-state index is 13.3. The van der Waals surface area contributed by atoms with Crippen molar-refractivity contribution in [2.45, 2.75) is 25.1 Å². The minimum atomic E-state index is -4.58. The number of amides is 1. The predicted octanol–water partition coefficient (Wildman–Crippen LogP) is 3.86. The van der Waals surface area contributed by atoms with Crippen molar-refractivity contribution in [1.82, 2.24) is 25.1 Å². The SMILES string of the molecule is Cn1cc(C(=O)NC2CCCN(Nc3cc(C(F)(F)F)nc4ccc(Cl)cc34)C2)cn1. The molecule has 1 saturated heterocycles. The van der Waals surface area contributed by atoms with Gasteiger partial charge in [-0.2, -0.15) is 18.3 Å². The average molecular weight is 453 g/mol. The third-order valence-corrected chi connectivity index (χ3v) is 5.30. The number of anilines is 1. The number of hydrogen-bond donors (Lipinski definition) is 2. The van der Waals surface area contributed by atoms with E-state index in [0.29, 0.717) is 29.1 Å². The summed E-state index contributed by atoms with van der Waals surface area (Å²) in [4.78, 5) is 16.1. The highest BCUT2D eigenvalue weighted by molar-refractivity contribution is 6.31. The standard InChI is InChI=1S/C20H20ClF3N6O/c1-29-10-12(9-25-29)19(31)26-14-3-2-6-30(11-14)28-17-8-18(20(22,23)24)27-16-5-4-13(21)7-15(16)17/h4-5,7-10,14H,2-3,6,11H2,1H3,(H,26,31)(H,27,28). The van der Waals surface area contributed by atoms with Crippen molar-refractivity contribution >= 4 is 34.1 Å². The maximum atomic E-state index is 13.3. The zero-order valence-electron chi connectivity index (χ0n) is 16.6. The fraction of sp³-hybridized carbons (Fsp3) is 0.350. The monoisotopic (exact) mass is 452 g/mol. The second-order valence-electron chi connectivity index (χ2n) is 7.49. The second-order valence-corrected chi connectivity index (χ2v) is 7.92. The predicted molar refractivity (Wildman–Crippen MR) is 111 cm³/mol. The van der Waals surface area contributed by atoms with Crippen LogP contribution >= 0.6 is 11.6 Å². The Bertz CT molecular complexity index is 1120. The summed E-state index contributed by atoms with van der Waals surface area (Å²) < 4.78 is 41.6. The number of carbonyl (C=O) groups is 1. The van der Waals surface area contributed by atoms with Gasteiger partial charge in [-0.1, -0.05) is 11.6 Å². The van der Waals surface area contributed by atoms with Gasteiger partial charge in [0.25, 0.3) is 5.91 Å². The molecule has 1 fully saturated rings. The summed E-state index contributed by atoms with van der Waals surface area (Å²) in [6.07, 6.45) is 0.0631. The summed E-state index contributed by atoms with van der Waals surface area (Å²) in [6, 6.07) is 5.37. The van der Waals surface area contributed by atoms with Crippen molar-refractivity contribution in [3.8, 4) is 0 Å². The van der Waals surface area contributed by atoms with Crippen LogP contribution in [-0.4, -0.2) is 44.8 Å². The van der Waals surface area contributed by atoms with Crippen LogP contribution in [0.25, 0.3) is 10.9 Å². The summed E-state index contributed by atoms with van der Waals surface area (Å²) in [6.45, 7) is 1.04. The van der Waals surface area contributed by atoms with Crippen LogP contribution in [0.5, 0.6) is 0 Å². The van der Waals surface area contributed by atoms with E-state index in [4.69, 9.17) is 11.6 Å². The summed E-state index contributed by atoms with van der Waals surface area (Å²) in [5.41, 5.74) is 3.01. The number of piperidine rings is 1. The molecule has 0 radical (unpaired) electrons. The van der Waals surface area contributed by atoms with Gasteiger partial charge in [-0.25, -0.2) is 9.99 Å². The van der Waals surface area contributed by atoms with Gasteiger partial charge in [-0.3, -0.25) is 9.48 Å². The molecule has 2 aromatic heterocycles. The number of carbonyl (C=O) groups excluding carboxylic acids is 1. The number of hydrazine groups is 1. The van der Waals surface area contributed by atoms with E-state index >= 15 is 0 Å². The van der Waals surface area contributed by atoms with Crippen LogP contribution in [-0.2, 0) is 13.2 Å². The molecular formula is C20H20ClF3N6O. The Morgan fingerprint density at radius 1 is 1.29 bits per heavy atom. The van der Waals surface area contributed by atoms with Crippen LogP contribution in [0.2, 0.25) is 5.02 Å². The smallest absolute Gasteiger partial charge is 0.348 e. The molecule has 1 unspecified atom stereocenters. The maximum Gasteiger partial charge on any atom is 0.433 e. The fourth-order valence-corrected chi connectivity index (χ4v) is 3.78. The van der Waals surface area contributed by atoms with Crippen LogP contribution in [0.1, 0.15) is 28.9 Å². The molecule has 0 bridgehead atoms. The highest BCUT2D eigenvalue weighted by Gasteiger charge is 2.34. The molecule has 31 heavy (non-hydrogen) atoms. The largest absolute Gasteiger partial charge is 0.433 e. The lowest BCUT2D eigenvalue weighted by atomic mass is 10.1. The molecule has 0 aliphatic carbocycles. The molecule has 7 nitrogen and oxygen atoms in total. The lowest BCUT2D eigenvalue weighted by molar-refractivity contribution is -0.140. The summed E-state index contributed by atoms with van der Waals surface area (Å²) in [5.74, 6) is -0.236. The van der Waals surface area contributed by atoms with E-state index in [1.165, 1.54) is 18.3 Å². The molecular weight excluding hydrogens is 433 g/mol. The van der Waals surface area contributed by atoms with Gasteiger partial charge < -0.3 is 10.7 Å². The van der Waals surface area contributed by atoms with Gasteiger partial charge >= 0.3 is 6.18 Å². The first kappa shape index (κ1) is 21.4. The number of alkyl halides is 3. The summed E-state index contributed by atoms with van der Waals surface area (Å²) >= 11 is 6.06. The van der Waals surface area contributed by atoms with Crippen LogP contribution in [0, 0.1) is 0 Å². The van der Waals surface area contributed by atoms with E-state index in [2.05, 4.69) is 20.8 Å². The van der Waals surface area contributed by atoms with E-state index in [9.17, 15) is 18.0 Å². The van der Waals surface area contributed by atoms with Crippen molar-refractivity contribution in [1.29, 1.82) is 0 Å². The van der Waals surface area contributed by atoms with E-state index in [1.54, 1.807) is 29.0 Å². The van der Waals surface area contributed by atoms with Crippen molar-refractivity contribution in [2.24, 2.45) is 7.05 Å². The Balaban J connectivity index is 1.54. The van der Waals surface area contributed by atoms with Crippen LogP contribution < -0.4 is 10.7 Å². The normalized spacial score (nSPS) is 17.6. The third kappa shape index (κ3) is 4.91. The van der Waals surface area contributed by atoms with Crippen molar-refractivity contribution in [2.75, 3.05) is 18.5 Å². The van der Waals surface area contributed by atoms with Crippen molar-refractivity contribution < 1.29 is 18.0 Å². The lowest BCUT2D eigenvalue weighted by Gasteiger charge is -2.34. The molecule has 3 aromatic rings. The Hall–Kier alpha value is -2.85. The number of nitrogens with zero attached hydrogens (tertiary/aromatic N) is 4. The average Bonchev–Trinajstić information content (AvgIpc) is 3.14. The fourth-order valence-electron chi connectivity index (χ4n) is 3.61. The topological polar surface area (TPSA) is 75.1 Å². The number of aromatic nitrogens is 3. The van der Waals surface area contributed by atoms with Gasteiger partial charge in [0.05, 0.1) is 23.0 Å². The number of pyridine rings is 1. The van der Waals surface area contributed by atoms with Crippen LogP contribution in [0.3, 0.4) is 0 Å². The quantitative estimate of drug-likeness (QED) is 0.628. The molecule has 164 valence electrons. The van der Waals surface area contributed by atoms with Gasteiger partial charge in [0.15, 0.2) is 0 Å². The van der Waals surface area contributed by atoms with Gasteiger partial charge in [0.2, 0.25) is 0 Å². The number of nitrogens with one attached hydrogen (secondary N) is 2. The Kier molecular flexibility index (Phi) is 5.76. The Morgan fingerprint density at radius 3 is 2.81 bits per heavy atom. The number of rotatable bonds is 4. The van der Waals surface area contributed by atoms with E-state index in [1.807, 2.05) is 0 Å². The van der Waals surface area contributed by atoms with Crippen LogP contribution in [0.15, 0.2) is 36.7 Å². The highest BCUT2D eigenvalue weighted by atomic mass is 35.5. The summed E-state index contributed by atoms with van der Waals surface area (Å²) in [5, 5.41) is 9.64. The number of hydrogen-bond acceptors (Lipinski definition) is 5. The molecule has 3 heterocycles. The molecule has 1 amide bonds. The second kappa shape index (κ2) is 8.35. The van der Waals surface area contributed by atoms with E-state index in [-0.39, 0.29) is 23.2 Å². The zero-order valence-corrected chi connectivity index (χ0v) is 17.3. The van der Waals surface area contributed by atoms with E-state index in [0.717, 1.165) is 18.9 Å². The molecule has 0 saturated carbocycles. The molecule has 0 spiro atoms. The molecule has 1 aliphatic rings. The van der Waals surface area contributed by atoms with Crippen LogP contribution in [0.4, 0.5) is 18.9 Å². The Labute approximate surface area is 181 Å². The molecule has 11 heteroatoms. The number of benzene rings is 1. The van der Waals surface area contributed by atoms with Gasteiger partial charge in [0, 0.05) is 42.8 Å². The molecule has 1 aliphatic heterocycles. The number of halogens is 4. The summed E-state index contributed by atoms with van der Waals surface area (Å²) in [7, 11) is 1.73. The lowest BCUT2D eigenvalue weighted by Crippen LogP contribution is -2.49. The molecule has 4 rings (SSSR count). The molecule has 1 aromatic carbocycles.